The zero-order chi connectivity index (χ0) is 12.5. The maximum absolute atomic E-state index is 12.0. The van der Waals surface area contributed by atoms with Crippen molar-refractivity contribution in [3.63, 3.8) is 0 Å². The molecule has 0 fully saturated rings. The van der Waals surface area contributed by atoms with Gasteiger partial charge in [-0.05, 0) is 30.3 Å². The molecule has 0 atom stereocenters. The summed E-state index contributed by atoms with van der Waals surface area (Å²) in [6, 6.07) is 9.26. The predicted octanol–water partition coefficient (Wildman–Crippen LogP) is 2.15. The van der Waals surface area contributed by atoms with Crippen molar-refractivity contribution in [2.45, 2.75) is 0 Å². The number of amides is 1. The number of carbonyl (C=O) groups excluding carboxylic acids is 1. The number of H-pyrrole nitrogens is 1. The lowest BCUT2D eigenvalue weighted by molar-refractivity contribution is 0.101. The van der Waals surface area contributed by atoms with E-state index < -0.39 is 0 Å². The van der Waals surface area contributed by atoms with Gasteiger partial charge in [-0.15, -0.1) is 0 Å². The Morgan fingerprint density at radius 2 is 2.28 bits per heavy atom. The first kappa shape index (κ1) is 10.6. The number of aryl methyl sites for hydroxylation is 1. The molecule has 18 heavy (non-hydrogen) atoms. The molecule has 0 aliphatic heterocycles. The summed E-state index contributed by atoms with van der Waals surface area (Å²) in [6.07, 6.45) is 3.59. The minimum absolute atomic E-state index is 0.124. The average molecular weight is 240 g/mol. The monoisotopic (exact) mass is 240 g/mol. The van der Waals surface area contributed by atoms with E-state index in [9.17, 15) is 4.79 Å². The van der Waals surface area contributed by atoms with E-state index in [0.717, 1.165) is 16.6 Å². The molecule has 5 heteroatoms. The topological polar surface area (TPSA) is 62.7 Å². The molecule has 2 aromatic heterocycles. The van der Waals surface area contributed by atoms with Crippen LogP contribution in [0.15, 0.2) is 42.7 Å². The van der Waals surface area contributed by atoms with Crippen LogP contribution in [-0.4, -0.2) is 20.7 Å². The van der Waals surface area contributed by atoms with Gasteiger partial charge in [0.25, 0.3) is 5.91 Å². The molecule has 0 aliphatic carbocycles. The average Bonchev–Trinajstić information content (AvgIpc) is 2.96. The van der Waals surface area contributed by atoms with E-state index in [4.69, 9.17) is 0 Å². The lowest BCUT2D eigenvalue weighted by atomic mass is 10.2. The van der Waals surface area contributed by atoms with Gasteiger partial charge >= 0.3 is 0 Å². The first-order valence-corrected chi connectivity index (χ1v) is 5.60. The van der Waals surface area contributed by atoms with Gasteiger partial charge in [0.1, 0.15) is 5.69 Å². The number of rotatable bonds is 2. The number of nitrogens with zero attached hydrogens (tertiary/aromatic N) is 2. The van der Waals surface area contributed by atoms with Crippen LogP contribution in [0, 0.1) is 0 Å². The van der Waals surface area contributed by atoms with Crippen molar-refractivity contribution in [2.75, 3.05) is 5.32 Å². The molecule has 2 N–H and O–H groups in total. The Hall–Kier alpha value is -2.56. The fourth-order valence-electron chi connectivity index (χ4n) is 1.91. The number of aromatic amines is 1. The Morgan fingerprint density at radius 3 is 3.06 bits per heavy atom. The Morgan fingerprint density at radius 1 is 1.39 bits per heavy atom. The van der Waals surface area contributed by atoms with Gasteiger partial charge in [-0.3, -0.25) is 9.89 Å². The second kappa shape index (κ2) is 4.03. The largest absolute Gasteiger partial charge is 0.347 e. The van der Waals surface area contributed by atoms with E-state index in [1.807, 2.05) is 37.5 Å². The van der Waals surface area contributed by atoms with Crippen LogP contribution in [0.4, 0.5) is 5.69 Å². The van der Waals surface area contributed by atoms with Crippen molar-refractivity contribution in [2.24, 2.45) is 7.05 Å². The summed E-state index contributed by atoms with van der Waals surface area (Å²) in [5, 5.41) is 10.7. The summed E-state index contributed by atoms with van der Waals surface area (Å²) in [5.74, 6) is -0.124. The zero-order valence-electron chi connectivity index (χ0n) is 9.84. The number of aromatic nitrogens is 3. The SMILES string of the molecule is Cn1cccc1C(=O)Nc1ccc2cn[nH]c2c1. The van der Waals surface area contributed by atoms with E-state index in [1.54, 1.807) is 16.8 Å². The summed E-state index contributed by atoms with van der Waals surface area (Å²) < 4.78 is 1.78. The van der Waals surface area contributed by atoms with Crippen molar-refractivity contribution in [3.05, 3.63) is 48.4 Å². The zero-order valence-corrected chi connectivity index (χ0v) is 9.84. The number of hydrogen-bond acceptors (Lipinski definition) is 2. The highest BCUT2D eigenvalue weighted by Crippen LogP contribution is 2.17. The number of carbonyl (C=O) groups is 1. The van der Waals surface area contributed by atoms with Crippen molar-refractivity contribution >= 4 is 22.5 Å². The second-order valence-electron chi connectivity index (χ2n) is 4.13. The van der Waals surface area contributed by atoms with Crippen LogP contribution in [0.3, 0.4) is 0 Å². The van der Waals surface area contributed by atoms with Gasteiger partial charge < -0.3 is 9.88 Å². The number of nitrogens with one attached hydrogen (secondary N) is 2. The van der Waals surface area contributed by atoms with Crippen LogP contribution < -0.4 is 5.32 Å². The third-order valence-corrected chi connectivity index (χ3v) is 2.88. The van der Waals surface area contributed by atoms with Crippen LogP contribution in [0.1, 0.15) is 10.5 Å². The molecule has 90 valence electrons. The number of benzene rings is 1. The molecule has 1 aromatic carbocycles. The van der Waals surface area contributed by atoms with E-state index in [1.165, 1.54) is 0 Å². The second-order valence-corrected chi connectivity index (χ2v) is 4.13. The summed E-state index contributed by atoms with van der Waals surface area (Å²) in [7, 11) is 1.84. The van der Waals surface area contributed by atoms with Crippen LogP contribution in [0.5, 0.6) is 0 Å². The lowest BCUT2D eigenvalue weighted by Crippen LogP contribution is -2.15. The molecule has 5 nitrogen and oxygen atoms in total. The summed E-state index contributed by atoms with van der Waals surface area (Å²) in [5.41, 5.74) is 2.28. The van der Waals surface area contributed by atoms with Crippen molar-refractivity contribution in [3.8, 4) is 0 Å². The van der Waals surface area contributed by atoms with Crippen molar-refractivity contribution in [1.82, 2.24) is 14.8 Å². The number of anilines is 1. The molecule has 0 aliphatic rings. The summed E-state index contributed by atoms with van der Waals surface area (Å²) >= 11 is 0. The van der Waals surface area contributed by atoms with E-state index in [2.05, 4.69) is 15.5 Å². The molecular formula is C13H12N4O. The molecule has 0 spiro atoms. The molecule has 0 unspecified atom stereocenters. The number of hydrogen-bond donors (Lipinski definition) is 2. The van der Waals surface area contributed by atoms with Gasteiger partial charge in [0, 0.05) is 24.3 Å². The molecule has 0 bridgehead atoms. The maximum atomic E-state index is 12.0. The van der Waals surface area contributed by atoms with Crippen LogP contribution >= 0.6 is 0 Å². The minimum Gasteiger partial charge on any atom is -0.347 e. The van der Waals surface area contributed by atoms with Gasteiger partial charge in [-0.25, -0.2) is 0 Å². The third-order valence-electron chi connectivity index (χ3n) is 2.88. The smallest absolute Gasteiger partial charge is 0.272 e. The van der Waals surface area contributed by atoms with Crippen molar-refractivity contribution < 1.29 is 4.79 Å². The van der Waals surface area contributed by atoms with Crippen LogP contribution in [0.2, 0.25) is 0 Å². The van der Waals surface area contributed by atoms with Gasteiger partial charge in [-0.1, -0.05) is 0 Å². The molecule has 2 heterocycles. The number of fused-ring (bicyclic) bond motifs is 1. The Labute approximate surface area is 103 Å². The van der Waals surface area contributed by atoms with E-state index in [0.29, 0.717) is 5.69 Å². The highest BCUT2D eigenvalue weighted by Gasteiger charge is 2.09. The Kier molecular flexibility index (Phi) is 2.37. The molecule has 0 radical (unpaired) electrons. The third kappa shape index (κ3) is 1.75. The van der Waals surface area contributed by atoms with E-state index in [-0.39, 0.29) is 5.91 Å². The molecular weight excluding hydrogens is 228 g/mol. The van der Waals surface area contributed by atoms with Gasteiger partial charge in [0.2, 0.25) is 0 Å². The molecule has 3 aromatic rings. The minimum atomic E-state index is -0.124. The van der Waals surface area contributed by atoms with Crippen LogP contribution in [-0.2, 0) is 7.05 Å². The first-order chi connectivity index (χ1) is 8.74. The quantitative estimate of drug-likeness (QED) is 0.721. The Bertz CT molecular complexity index is 710. The van der Waals surface area contributed by atoms with Crippen LogP contribution in [0.25, 0.3) is 10.9 Å². The maximum Gasteiger partial charge on any atom is 0.272 e. The molecule has 3 rings (SSSR count). The molecule has 0 saturated carbocycles. The fraction of sp³-hybridized carbons (Fsp3) is 0.0769. The Balaban J connectivity index is 1.88. The lowest BCUT2D eigenvalue weighted by Gasteiger charge is -2.06. The predicted molar refractivity (Wildman–Crippen MR) is 69.5 cm³/mol. The highest BCUT2D eigenvalue weighted by atomic mass is 16.1. The highest BCUT2D eigenvalue weighted by molar-refractivity contribution is 6.04. The summed E-state index contributed by atoms with van der Waals surface area (Å²) in [4.78, 5) is 12.0. The summed E-state index contributed by atoms with van der Waals surface area (Å²) in [6.45, 7) is 0. The molecule has 0 saturated heterocycles. The normalized spacial score (nSPS) is 10.7. The van der Waals surface area contributed by atoms with E-state index >= 15 is 0 Å². The van der Waals surface area contributed by atoms with Gasteiger partial charge in [-0.2, -0.15) is 5.10 Å². The fourth-order valence-corrected chi connectivity index (χ4v) is 1.91. The van der Waals surface area contributed by atoms with Gasteiger partial charge in [0.05, 0.1) is 11.7 Å². The molecule has 1 amide bonds. The van der Waals surface area contributed by atoms with Gasteiger partial charge in [0.15, 0.2) is 0 Å². The first-order valence-electron chi connectivity index (χ1n) is 5.60. The van der Waals surface area contributed by atoms with Crippen molar-refractivity contribution in [1.29, 1.82) is 0 Å². The standard InChI is InChI=1S/C13H12N4O/c1-17-6-2-3-12(17)13(18)15-10-5-4-9-8-14-16-11(9)7-10/h2-8H,1H3,(H,14,16)(H,15,18).